The minimum atomic E-state index is -4.07. The van der Waals surface area contributed by atoms with Crippen molar-refractivity contribution < 1.29 is 17.5 Å². The van der Waals surface area contributed by atoms with Gasteiger partial charge >= 0.3 is 0 Å². The van der Waals surface area contributed by atoms with Gasteiger partial charge in [0.25, 0.3) is 10.1 Å². The summed E-state index contributed by atoms with van der Waals surface area (Å²) in [4.78, 5) is 7.69. The maximum absolute atomic E-state index is 11.7. The lowest BCUT2D eigenvalue weighted by Crippen LogP contribution is -2.29. The number of aryl methyl sites for hydroxylation is 2. The van der Waals surface area contributed by atoms with Gasteiger partial charge in [-0.1, -0.05) is 76.6 Å². The number of aliphatic imine (C=N–C) groups is 1. The topological polar surface area (TPSA) is 73.0 Å². The van der Waals surface area contributed by atoms with Crippen molar-refractivity contribution in [3.8, 4) is 0 Å². The molecule has 0 spiro atoms. The van der Waals surface area contributed by atoms with Crippen LogP contribution in [0.1, 0.15) is 109 Å². The molecule has 0 aliphatic carbocycles. The Bertz CT molecular complexity index is 2180. The first-order valence-electron chi connectivity index (χ1n) is 18.7. The third kappa shape index (κ3) is 6.14. The van der Waals surface area contributed by atoms with E-state index in [1.165, 1.54) is 50.0 Å². The van der Waals surface area contributed by atoms with E-state index in [1.807, 2.05) is 0 Å². The highest BCUT2D eigenvalue weighted by atomic mass is 32.2. The lowest BCUT2D eigenvalue weighted by atomic mass is 9.74. The number of fused-ring (bicyclic) bond motifs is 6. The standard InChI is InChI=1S/C44H55N3O3S/c1-11-24-44(10)37(46(25-12-2)34-23-22-32-29(3)18-16-19-33(32)39(34)44)21-15-13-14-20-36-43(8,9)40-35(47(36)26-17-27-51(48,49)50)28-30(4)38-41(40)45-31(5)42(38,6)7/h13-16,18-23,28H,11-12,17,24-27H2,1-10H3/p+1. The average molecular weight is 707 g/mol. The minimum absolute atomic E-state index is 0.112. The largest absolute Gasteiger partial charge is 0.344 e. The number of anilines is 1. The number of allylic oxidation sites excluding steroid dienone is 6. The van der Waals surface area contributed by atoms with E-state index in [1.54, 1.807) is 0 Å². The van der Waals surface area contributed by atoms with E-state index in [4.69, 9.17) is 4.99 Å². The van der Waals surface area contributed by atoms with Crippen LogP contribution < -0.4 is 4.90 Å². The molecule has 0 fully saturated rings. The molecule has 51 heavy (non-hydrogen) atoms. The second-order valence-corrected chi connectivity index (χ2v) is 17.7. The molecule has 3 aliphatic heterocycles. The van der Waals surface area contributed by atoms with Crippen LogP contribution in [0.3, 0.4) is 0 Å². The van der Waals surface area contributed by atoms with Crippen LogP contribution >= 0.6 is 0 Å². The average Bonchev–Trinajstić information content (AvgIpc) is 3.51. The molecule has 6 rings (SSSR count). The Morgan fingerprint density at radius 3 is 2.29 bits per heavy atom. The number of nitrogens with zero attached hydrogens (tertiary/aromatic N) is 3. The molecule has 0 aromatic heterocycles. The van der Waals surface area contributed by atoms with Crippen LogP contribution in [-0.2, 0) is 26.4 Å². The zero-order chi connectivity index (χ0) is 37.1. The Balaban J connectivity index is 1.41. The highest BCUT2D eigenvalue weighted by Gasteiger charge is 2.50. The quantitative estimate of drug-likeness (QED) is 0.122. The molecule has 3 aromatic rings. The molecule has 0 saturated carbocycles. The molecule has 0 amide bonds. The molecule has 6 nitrogen and oxygen atoms in total. The van der Waals surface area contributed by atoms with Gasteiger partial charge in [0.15, 0.2) is 5.71 Å². The maximum atomic E-state index is 11.7. The Hall–Kier alpha value is -3.81. The molecule has 0 saturated heterocycles. The molecule has 0 bridgehead atoms. The van der Waals surface area contributed by atoms with E-state index in [0.29, 0.717) is 13.0 Å². The summed E-state index contributed by atoms with van der Waals surface area (Å²) >= 11 is 0. The third-order valence-corrected chi connectivity index (χ3v) is 12.6. The second-order valence-electron chi connectivity index (χ2n) is 16.1. The number of rotatable bonds is 11. The first-order chi connectivity index (χ1) is 24.0. The summed E-state index contributed by atoms with van der Waals surface area (Å²) in [6.07, 6.45) is 14.4. The van der Waals surface area contributed by atoms with Crippen molar-refractivity contribution in [3.05, 3.63) is 100 Å². The van der Waals surface area contributed by atoms with Gasteiger partial charge < -0.3 is 4.90 Å². The van der Waals surface area contributed by atoms with Gasteiger partial charge in [0.2, 0.25) is 5.69 Å². The number of hydrogen-bond donors (Lipinski definition) is 1. The fraction of sp³-hybridized carbons (Fsp3) is 0.455. The second kappa shape index (κ2) is 13.3. The van der Waals surface area contributed by atoms with E-state index >= 15 is 0 Å². The monoisotopic (exact) mass is 706 g/mol. The summed E-state index contributed by atoms with van der Waals surface area (Å²) in [5.74, 6) is -0.278. The van der Waals surface area contributed by atoms with Crippen molar-refractivity contribution in [3.63, 3.8) is 0 Å². The smallest absolute Gasteiger partial charge is 0.265 e. The highest BCUT2D eigenvalue weighted by molar-refractivity contribution is 7.85. The number of hydrogen-bond acceptors (Lipinski definition) is 4. The van der Waals surface area contributed by atoms with Crippen LogP contribution in [0.4, 0.5) is 17.1 Å². The van der Waals surface area contributed by atoms with Gasteiger partial charge in [-0.15, -0.1) is 0 Å². The molecule has 1 atom stereocenters. The fourth-order valence-corrected chi connectivity index (χ4v) is 9.75. The molecule has 3 aromatic carbocycles. The van der Waals surface area contributed by atoms with Gasteiger partial charge in [-0.2, -0.15) is 13.0 Å². The Morgan fingerprint density at radius 1 is 0.863 bits per heavy atom. The van der Waals surface area contributed by atoms with Crippen LogP contribution in [0, 0.1) is 13.8 Å². The Morgan fingerprint density at radius 2 is 1.61 bits per heavy atom. The van der Waals surface area contributed by atoms with Crippen molar-refractivity contribution in [2.24, 2.45) is 4.99 Å². The van der Waals surface area contributed by atoms with Crippen LogP contribution in [0.15, 0.2) is 77.5 Å². The van der Waals surface area contributed by atoms with Crippen molar-refractivity contribution in [1.82, 2.24) is 0 Å². The molecular formula is C44H56N3O3S+. The lowest BCUT2D eigenvalue weighted by Gasteiger charge is -2.30. The zero-order valence-corrected chi connectivity index (χ0v) is 33.1. The van der Waals surface area contributed by atoms with Gasteiger partial charge in [-0.05, 0) is 99.6 Å². The van der Waals surface area contributed by atoms with Crippen molar-refractivity contribution in [2.75, 3.05) is 23.7 Å². The molecule has 3 heterocycles. The Kier molecular flexibility index (Phi) is 9.65. The van der Waals surface area contributed by atoms with Gasteiger partial charge in [0.1, 0.15) is 6.54 Å². The van der Waals surface area contributed by atoms with Crippen LogP contribution in [0.2, 0.25) is 0 Å². The van der Waals surface area contributed by atoms with Crippen LogP contribution in [-0.4, -0.2) is 47.8 Å². The van der Waals surface area contributed by atoms with E-state index in [0.717, 1.165) is 48.6 Å². The van der Waals surface area contributed by atoms with Crippen molar-refractivity contribution >= 4 is 49.4 Å². The van der Waals surface area contributed by atoms with Crippen molar-refractivity contribution in [2.45, 2.75) is 111 Å². The molecule has 7 heteroatoms. The van der Waals surface area contributed by atoms with E-state index in [-0.39, 0.29) is 22.0 Å². The molecule has 3 aliphatic rings. The SMILES string of the molecule is CCCN1/C(=C/C=C/C=C/C2=[N+](CCCS(=O)(=O)O)c3cc(C)c4c(c3C2(C)C)N=C(C)C4(C)C)C(C)(CCC)c2c1ccc1c(C)cccc21. The summed E-state index contributed by atoms with van der Waals surface area (Å²) in [6.45, 7) is 23.8. The summed E-state index contributed by atoms with van der Waals surface area (Å²) < 4.78 is 35.2. The van der Waals surface area contributed by atoms with E-state index in [9.17, 15) is 13.0 Å². The first kappa shape index (κ1) is 37.0. The zero-order valence-electron chi connectivity index (χ0n) is 32.3. The molecular weight excluding hydrogens is 651 g/mol. The summed E-state index contributed by atoms with van der Waals surface area (Å²) in [7, 11) is -4.07. The summed E-state index contributed by atoms with van der Waals surface area (Å²) in [6, 6.07) is 13.6. The molecule has 1 N–H and O–H groups in total. The fourth-order valence-electron chi connectivity index (χ4n) is 9.25. The number of benzene rings is 3. The molecule has 0 radical (unpaired) electrons. The first-order valence-corrected chi connectivity index (χ1v) is 20.3. The van der Waals surface area contributed by atoms with Crippen LogP contribution in [0.25, 0.3) is 10.8 Å². The van der Waals surface area contributed by atoms with Gasteiger partial charge in [0.05, 0.1) is 22.4 Å². The third-order valence-electron chi connectivity index (χ3n) is 11.8. The maximum Gasteiger partial charge on any atom is 0.265 e. The Labute approximate surface area is 306 Å². The minimum Gasteiger partial charge on any atom is -0.344 e. The predicted octanol–water partition coefficient (Wildman–Crippen LogP) is 10.5. The van der Waals surface area contributed by atoms with Gasteiger partial charge in [0, 0.05) is 53.0 Å². The van der Waals surface area contributed by atoms with Gasteiger partial charge in [-0.3, -0.25) is 9.55 Å². The van der Waals surface area contributed by atoms with E-state index in [2.05, 4.69) is 145 Å². The normalized spacial score (nSPS) is 21.4. The summed E-state index contributed by atoms with van der Waals surface area (Å²) in [5.41, 5.74) is 12.7. The highest BCUT2D eigenvalue weighted by Crippen LogP contribution is 2.55. The predicted molar refractivity (Wildman–Crippen MR) is 216 cm³/mol. The van der Waals surface area contributed by atoms with E-state index < -0.39 is 10.1 Å². The molecule has 270 valence electrons. The van der Waals surface area contributed by atoms with Crippen molar-refractivity contribution in [1.29, 1.82) is 0 Å². The molecule has 1 unspecified atom stereocenters. The lowest BCUT2D eigenvalue weighted by molar-refractivity contribution is -0.437. The summed E-state index contributed by atoms with van der Waals surface area (Å²) in [5, 5.41) is 2.69. The van der Waals surface area contributed by atoms with Gasteiger partial charge in [-0.25, -0.2) is 0 Å². The van der Waals surface area contributed by atoms with Crippen LogP contribution in [0.5, 0.6) is 0 Å².